The summed E-state index contributed by atoms with van der Waals surface area (Å²) in [4.78, 5) is 29.0. The molecular formula is C19H27N5O4. The number of aromatic nitrogens is 2. The number of aromatic hydroxyl groups is 1. The highest BCUT2D eigenvalue weighted by Crippen LogP contribution is 2.19. The molecule has 1 aromatic heterocycles. The number of hydrogen-bond acceptors (Lipinski definition) is 7. The van der Waals surface area contributed by atoms with Crippen LogP contribution in [-0.4, -0.2) is 58.6 Å². The molecule has 9 nitrogen and oxygen atoms in total. The topological polar surface area (TPSA) is 112 Å². The van der Waals surface area contributed by atoms with Crippen molar-refractivity contribution >= 4 is 5.71 Å². The van der Waals surface area contributed by atoms with E-state index in [2.05, 4.69) is 34.3 Å². The van der Waals surface area contributed by atoms with E-state index >= 15 is 0 Å². The molecule has 0 unspecified atom stereocenters. The minimum atomic E-state index is -0.737. The molecule has 0 atom stereocenters. The molecular weight excluding hydrogens is 362 g/mol. The number of H-pyrrole nitrogens is 1. The molecule has 28 heavy (non-hydrogen) atoms. The van der Waals surface area contributed by atoms with Crippen molar-refractivity contribution in [1.29, 1.82) is 0 Å². The summed E-state index contributed by atoms with van der Waals surface area (Å²) in [5, 5.41) is 14.8. The zero-order valence-electron chi connectivity index (χ0n) is 16.7. The summed E-state index contributed by atoms with van der Waals surface area (Å²) in [5.74, 6) is 0.141. The number of nitrogens with one attached hydrogen (secondary N) is 2. The van der Waals surface area contributed by atoms with Crippen LogP contribution in [0.25, 0.3) is 5.69 Å². The largest absolute Gasteiger partial charge is 0.497 e. The van der Waals surface area contributed by atoms with Gasteiger partial charge in [0, 0.05) is 13.1 Å². The molecule has 3 N–H and O–H groups in total. The highest BCUT2D eigenvalue weighted by atomic mass is 16.5. The van der Waals surface area contributed by atoms with Crippen molar-refractivity contribution in [2.45, 2.75) is 20.8 Å². The molecule has 0 aliphatic heterocycles. The minimum absolute atomic E-state index is 0.0641. The Labute approximate surface area is 163 Å². The van der Waals surface area contributed by atoms with Crippen LogP contribution in [0.15, 0.2) is 39.0 Å². The molecule has 0 aliphatic carbocycles. The van der Waals surface area contributed by atoms with Crippen LogP contribution in [0.1, 0.15) is 26.3 Å². The smallest absolute Gasteiger partial charge is 0.335 e. The second kappa shape index (κ2) is 9.75. The Morgan fingerprint density at radius 2 is 1.89 bits per heavy atom. The molecule has 0 fully saturated rings. The number of hydrogen-bond donors (Lipinski definition) is 3. The number of benzene rings is 1. The van der Waals surface area contributed by atoms with E-state index in [0.717, 1.165) is 24.2 Å². The number of hydrazone groups is 1. The van der Waals surface area contributed by atoms with Crippen LogP contribution in [0.2, 0.25) is 0 Å². The summed E-state index contributed by atoms with van der Waals surface area (Å²) in [5.41, 5.74) is 2.08. The molecule has 1 aromatic carbocycles. The monoisotopic (exact) mass is 389 g/mol. The lowest BCUT2D eigenvalue weighted by molar-refractivity contribution is 0.303. The Hall–Kier alpha value is -3.07. The minimum Gasteiger partial charge on any atom is -0.497 e. The molecule has 0 aliphatic rings. The van der Waals surface area contributed by atoms with E-state index in [0.29, 0.717) is 18.0 Å². The van der Waals surface area contributed by atoms with Gasteiger partial charge < -0.3 is 20.2 Å². The fourth-order valence-corrected chi connectivity index (χ4v) is 2.80. The van der Waals surface area contributed by atoms with Crippen molar-refractivity contribution < 1.29 is 9.84 Å². The van der Waals surface area contributed by atoms with Crippen LogP contribution in [0.5, 0.6) is 11.6 Å². The Morgan fingerprint density at radius 1 is 1.25 bits per heavy atom. The fourth-order valence-electron chi connectivity index (χ4n) is 2.80. The van der Waals surface area contributed by atoms with E-state index in [1.54, 1.807) is 31.2 Å². The molecule has 0 saturated heterocycles. The van der Waals surface area contributed by atoms with Gasteiger partial charge >= 0.3 is 5.69 Å². The SMILES string of the molecule is CCN(CC)CCNN=C(C)c1c(O)n(-c2ccc(OC)cc2)c(=O)[nH]c1=O. The standard InChI is InChI=1S/C19H27N5O4/c1-5-23(6-2)12-11-20-22-13(3)16-17(25)21-19(27)24(18(16)26)14-7-9-15(28-4)10-8-14/h7-10,20,26H,5-6,11-12H2,1-4H3,(H,21,25,27). The molecule has 2 aromatic rings. The highest BCUT2D eigenvalue weighted by molar-refractivity contribution is 6.00. The average Bonchev–Trinajstić information content (AvgIpc) is 2.68. The average molecular weight is 389 g/mol. The van der Waals surface area contributed by atoms with Crippen molar-refractivity contribution in [3.8, 4) is 17.3 Å². The summed E-state index contributed by atoms with van der Waals surface area (Å²) in [6, 6.07) is 6.52. The number of likely N-dealkylation sites (N-methyl/N-ethyl adjacent to an activating group) is 1. The Kier molecular flexibility index (Phi) is 7.39. The number of aromatic amines is 1. The summed E-state index contributed by atoms with van der Waals surface area (Å²) in [7, 11) is 1.53. The molecule has 0 spiro atoms. The van der Waals surface area contributed by atoms with Crippen molar-refractivity contribution in [3.05, 3.63) is 50.7 Å². The van der Waals surface area contributed by atoms with Crippen LogP contribution in [-0.2, 0) is 0 Å². The van der Waals surface area contributed by atoms with Crippen LogP contribution >= 0.6 is 0 Å². The predicted molar refractivity (Wildman–Crippen MR) is 109 cm³/mol. The first-order valence-electron chi connectivity index (χ1n) is 9.15. The maximum absolute atomic E-state index is 12.3. The van der Waals surface area contributed by atoms with Crippen molar-refractivity contribution in [2.24, 2.45) is 5.10 Å². The van der Waals surface area contributed by atoms with E-state index < -0.39 is 17.1 Å². The van der Waals surface area contributed by atoms with Gasteiger partial charge in [0.25, 0.3) is 5.56 Å². The predicted octanol–water partition coefficient (Wildman–Crippen LogP) is 0.895. The van der Waals surface area contributed by atoms with Crippen LogP contribution < -0.4 is 21.4 Å². The lowest BCUT2D eigenvalue weighted by Gasteiger charge is -2.17. The molecule has 0 saturated carbocycles. The number of nitrogens with zero attached hydrogens (tertiary/aromatic N) is 3. The number of methoxy groups -OCH3 is 1. The van der Waals surface area contributed by atoms with Gasteiger partial charge in [-0.1, -0.05) is 13.8 Å². The van der Waals surface area contributed by atoms with Gasteiger partial charge in [-0.2, -0.15) is 5.10 Å². The summed E-state index contributed by atoms with van der Waals surface area (Å²) in [6.07, 6.45) is 0. The molecule has 2 rings (SSSR count). The molecule has 152 valence electrons. The molecule has 0 radical (unpaired) electrons. The summed E-state index contributed by atoms with van der Waals surface area (Å²) >= 11 is 0. The molecule has 0 bridgehead atoms. The Bertz CT molecular complexity index is 927. The van der Waals surface area contributed by atoms with Gasteiger partial charge in [-0.05, 0) is 44.3 Å². The highest BCUT2D eigenvalue weighted by Gasteiger charge is 2.18. The third-order valence-electron chi connectivity index (χ3n) is 4.46. The lowest BCUT2D eigenvalue weighted by Crippen LogP contribution is -2.33. The van der Waals surface area contributed by atoms with Crippen molar-refractivity contribution in [3.63, 3.8) is 0 Å². The van der Waals surface area contributed by atoms with Gasteiger partial charge in [0.15, 0.2) is 0 Å². The van der Waals surface area contributed by atoms with E-state index in [1.807, 2.05) is 0 Å². The first-order valence-corrected chi connectivity index (χ1v) is 9.15. The van der Waals surface area contributed by atoms with Gasteiger partial charge in [-0.25, -0.2) is 9.36 Å². The zero-order chi connectivity index (χ0) is 20.7. The summed E-state index contributed by atoms with van der Waals surface area (Å²) < 4.78 is 6.11. The molecule has 9 heteroatoms. The van der Waals surface area contributed by atoms with Crippen LogP contribution in [0, 0.1) is 0 Å². The van der Waals surface area contributed by atoms with E-state index in [9.17, 15) is 14.7 Å². The Balaban J connectivity index is 2.33. The van der Waals surface area contributed by atoms with E-state index in [1.165, 1.54) is 7.11 Å². The lowest BCUT2D eigenvalue weighted by atomic mass is 10.2. The van der Waals surface area contributed by atoms with E-state index in [-0.39, 0.29) is 11.3 Å². The van der Waals surface area contributed by atoms with Gasteiger partial charge in [-0.3, -0.25) is 9.78 Å². The van der Waals surface area contributed by atoms with Gasteiger partial charge in [0.1, 0.15) is 11.3 Å². The fraction of sp³-hybridized carbons (Fsp3) is 0.421. The first kappa shape index (κ1) is 21.2. The normalized spacial score (nSPS) is 11.7. The summed E-state index contributed by atoms with van der Waals surface area (Å²) in [6.45, 7) is 9.03. The van der Waals surface area contributed by atoms with Crippen LogP contribution in [0.3, 0.4) is 0 Å². The maximum Gasteiger partial charge on any atom is 0.335 e. The van der Waals surface area contributed by atoms with Crippen molar-refractivity contribution in [2.75, 3.05) is 33.3 Å². The van der Waals surface area contributed by atoms with Gasteiger partial charge in [0.2, 0.25) is 5.88 Å². The number of rotatable bonds is 9. The quantitative estimate of drug-likeness (QED) is 0.334. The number of ether oxygens (including phenoxy) is 1. The van der Waals surface area contributed by atoms with Crippen molar-refractivity contribution in [1.82, 2.24) is 19.9 Å². The van der Waals surface area contributed by atoms with Gasteiger partial charge in [-0.15, -0.1) is 0 Å². The van der Waals surface area contributed by atoms with E-state index in [4.69, 9.17) is 4.74 Å². The van der Waals surface area contributed by atoms with Crippen LogP contribution in [0.4, 0.5) is 0 Å². The third kappa shape index (κ3) is 4.80. The Morgan fingerprint density at radius 3 is 2.46 bits per heavy atom. The second-order valence-electron chi connectivity index (χ2n) is 6.12. The molecule has 1 heterocycles. The first-order chi connectivity index (χ1) is 13.4. The maximum atomic E-state index is 12.3. The van der Waals surface area contributed by atoms with Gasteiger partial charge in [0.05, 0.1) is 18.5 Å². The zero-order valence-corrected chi connectivity index (χ0v) is 16.7. The molecule has 0 amide bonds. The third-order valence-corrected chi connectivity index (χ3v) is 4.46. The second-order valence-corrected chi connectivity index (χ2v) is 6.12.